The van der Waals surface area contributed by atoms with Gasteiger partial charge in [0.25, 0.3) is 0 Å². The number of amides is 1. The van der Waals surface area contributed by atoms with E-state index in [9.17, 15) is 18.0 Å². The van der Waals surface area contributed by atoms with E-state index >= 15 is 0 Å². The molecule has 5 nitrogen and oxygen atoms in total. The van der Waals surface area contributed by atoms with Crippen LogP contribution in [0.4, 0.5) is 23.7 Å². The average Bonchev–Trinajstić information content (AvgIpc) is 3.17. The van der Waals surface area contributed by atoms with Crippen LogP contribution in [0.15, 0.2) is 66.7 Å². The van der Waals surface area contributed by atoms with Crippen LogP contribution in [-0.2, 0) is 10.9 Å². The number of carbonyl (C=O) groups excluding carboxylic acids is 1. The summed E-state index contributed by atoms with van der Waals surface area (Å²) in [4.78, 5) is 12.1. The number of aromatic nitrogens is 1. The second kappa shape index (κ2) is 10.7. The van der Waals surface area contributed by atoms with Crippen LogP contribution in [0.3, 0.4) is 0 Å². The number of nitrogens with one attached hydrogen (secondary N) is 1. The summed E-state index contributed by atoms with van der Waals surface area (Å²) < 4.78 is 53.3. The largest absolute Gasteiger partial charge is 0.494 e. The maximum absolute atomic E-state index is 13.3. The number of halogens is 3. The van der Waals surface area contributed by atoms with Crippen molar-refractivity contribution in [1.29, 1.82) is 0 Å². The van der Waals surface area contributed by atoms with Gasteiger partial charge in [0.15, 0.2) is 0 Å². The molecule has 1 aliphatic rings. The summed E-state index contributed by atoms with van der Waals surface area (Å²) in [6, 6.07) is 19.0. The molecule has 1 aromatic heterocycles. The van der Waals surface area contributed by atoms with Gasteiger partial charge in [0.05, 0.1) is 29.5 Å². The molecular weight excluding hydrogens is 505 g/mol. The Morgan fingerprint density at radius 2 is 1.67 bits per heavy atom. The SMILES string of the molecule is CCOc1ccc2c(-c3ccc(C(F)(F)F)cc3)c(-c3ccc(NC(=O)OC(C)C)cc3)n(C3CCC3)c2c1. The molecule has 1 amide bonds. The maximum Gasteiger partial charge on any atom is 0.416 e. The maximum atomic E-state index is 13.3. The fourth-order valence-electron chi connectivity index (χ4n) is 5.05. The van der Waals surface area contributed by atoms with E-state index in [4.69, 9.17) is 9.47 Å². The Hall–Kier alpha value is -3.94. The summed E-state index contributed by atoms with van der Waals surface area (Å²) in [5, 5.41) is 3.68. The zero-order valence-corrected chi connectivity index (χ0v) is 22.1. The van der Waals surface area contributed by atoms with Gasteiger partial charge in [-0.05, 0) is 87.6 Å². The average molecular weight is 537 g/mol. The molecule has 1 N–H and O–H groups in total. The first-order chi connectivity index (χ1) is 18.7. The third-order valence-corrected chi connectivity index (χ3v) is 6.98. The number of carbonyl (C=O) groups is 1. The molecule has 39 heavy (non-hydrogen) atoms. The predicted octanol–water partition coefficient (Wildman–Crippen LogP) is 9.07. The summed E-state index contributed by atoms with van der Waals surface area (Å²) >= 11 is 0. The van der Waals surface area contributed by atoms with Gasteiger partial charge < -0.3 is 14.0 Å². The molecule has 0 bridgehead atoms. The Morgan fingerprint density at radius 3 is 2.23 bits per heavy atom. The molecule has 0 aliphatic heterocycles. The van der Waals surface area contributed by atoms with Crippen molar-refractivity contribution in [3.63, 3.8) is 0 Å². The molecule has 0 radical (unpaired) electrons. The molecule has 0 saturated heterocycles. The van der Waals surface area contributed by atoms with Gasteiger partial charge in [0, 0.05) is 28.7 Å². The number of benzene rings is 3. The fraction of sp³-hybridized carbons (Fsp3) is 0.323. The van der Waals surface area contributed by atoms with Gasteiger partial charge in [-0.1, -0.05) is 24.3 Å². The van der Waals surface area contributed by atoms with E-state index in [1.807, 2.05) is 49.4 Å². The standard InChI is InChI=1S/C31H31F3N2O3/c1-4-38-25-16-17-26-27(18-25)36(24-6-5-7-24)29(28(26)20-8-12-22(13-9-20)31(32,33)34)21-10-14-23(15-11-21)35-30(37)39-19(2)3/h8-19,24H,4-7H2,1-3H3,(H,35,37). The first-order valence-electron chi connectivity index (χ1n) is 13.2. The number of hydrogen-bond acceptors (Lipinski definition) is 3. The Labute approximate surface area is 225 Å². The highest BCUT2D eigenvalue weighted by molar-refractivity contribution is 6.05. The molecular formula is C31H31F3N2O3. The van der Waals surface area contributed by atoms with Crippen molar-refractivity contribution in [3.05, 3.63) is 72.3 Å². The lowest BCUT2D eigenvalue weighted by Gasteiger charge is -2.30. The molecule has 3 aromatic carbocycles. The molecule has 1 aliphatic carbocycles. The van der Waals surface area contributed by atoms with Crippen LogP contribution in [-0.4, -0.2) is 23.4 Å². The highest BCUT2D eigenvalue weighted by atomic mass is 19.4. The van der Waals surface area contributed by atoms with Crippen molar-refractivity contribution >= 4 is 22.7 Å². The molecule has 0 spiro atoms. The molecule has 204 valence electrons. The number of ether oxygens (including phenoxy) is 2. The molecule has 0 unspecified atom stereocenters. The van der Waals surface area contributed by atoms with E-state index in [1.54, 1.807) is 26.0 Å². The quantitative estimate of drug-likeness (QED) is 0.256. The van der Waals surface area contributed by atoms with Crippen molar-refractivity contribution < 1.29 is 27.4 Å². The zero-order chi connectivity index (χ0) is 27.7. The second-order valence-electron chi connectivity index (χ2n) is 10.0. The van der Waals surface area contributed by atoms with Crippen LogP contribution in [0.2, 0.25) is 0 Å². The predicted molar refractivity (Wildman–Crippen MR) is 147 cm³/mol. The van der Waals surface area contributed by atoms with E-state index in [2.05, 4.69) is 9.88 Å². The van der Waals surface area contributed by atoms with Crippen molar-refractivity contribution in [2.24, 2.45) is 0 Å². The van der Waals surface area contributed by atoms with E-state index in [0.717, 1.165) is 64.9 Å². The van der Waals surface area contributed by atoms with Gasteiger partial charge in [-0.2, -0.15) is 13.2 Å². The van der Waals surface area contributed by atoms with Crippen LogP contribution in [0.1, 0.15) is 51.6 Å². The number of rotatable bonds is 7. The summed E-state index contributed by atoms with van der Waals surface area (Å²) in [5.41, 5.74) is 4.29. The van der Waals surface area contributed by atoms with E-state index in [-0.39, 0.29) is 12.1 Å². The Bertz CT molecular complexity index is 1470. The monoisotopic (exact) mass is 536 g/mol. The molecule has 1 saturated carbocycles. The Kier molecular flexibility index (Phi) is 7.30. The first-order valence-corrected chi connectivity index (χ1v) is 13.2. The smallest absolute Gasteiger partial charge is 0.416 e. The minimum Gasteiger partial charge on any atom is -0.494 e. The topological polar surface area (TPSA) is 52.5 Å². The third kappa shape index (κ3) is 5.46. The third-order valence-electron chi connectivity index (χ3n) is 6.98. The summed E-state index contributed by atoms with van der Waals surface area (Å²) in [6.45, 7) is 6.02. The normalized spacial score (nSPS) is 13.9. The van der Waals surface area contributed by atoms with Crippen molar-refractivity contribution in [1.82, 2.24) is 4.57 Å². The number of nitrogens with zero attached hydrogens (tertiary/aromatic N) is 1. The Balaban J connectivity index is 1.68. The first kappa shape index (κ1) is 26.7. The molecule has 4 aromatic rings. The van der Waals surface area contributed by atoms with Crippen LogP contribution >= 0.6 is 0 Å². The second-order valence-corrected chi connectivity index (χ2v) is 10.0. The van der Waals surface area contributed by atoms with Gasteiger partial charge in [0.2, 0.25) is 0 Å². The zero-order valence-electron chi connectivity index (χ0n) is 22.1. The van der Waals surface area contributed by atoms with Crippen molar-refractivity contribution in [2.75, 3.05) is 11.9 Å². The summed E-state index contributed by atoms with van der Waals surface area (Å²) in [5.74, 6) is 0.747. The minimum atomic E-state index is -4.41. The molecule has 1 heterocycles. The number of alkyl halides is 3. The molecule has 1 fully saturated rings. The van der Waals surface area contributed by atoms with Gasteiger partial charge >= 0.3 is 12.3 Å². The van der Waals surface area contributed by atoms with Crippen LogP contribution < -0.4 is 10.1 Å². The van der Waals surface area contributed by atoms with E-state index in [1.165, 1.54) is 0 Å². The molecule has 8 heteroatoms. The van der Waals surface area contributed by atoms with Crippen molar-refractivity contribution in [3.8, 4) is 28.1 Å². The van der Waals surface area contributed by atoms with Crippen LogP contribution in [0, 0.1) is 0 Å². The van der Waals surface area contributed by atoms with Crippen molar-refractivity contribution in [2.45, 2.75) is 58.4 Å². The highest BCUT2D eigenvalue weighted by Crippen LogP contribution is 2.47. The van der Waals surface area contributed by atoms with Gasteiger partial charge in [-0.15, -0.1) is 0 Å². The van der Waals surface area contributed by atoms with Crippen LogP contribution in [0.25, 0.3) is 33.3 Å². The fourth-order valence-corrected chi connectivity index (χ4v) is 5.05. The summed E-state index contributed by atoms with van der Waals surface area (Å²) in [6.07, 6.45) is -2.03. The Morgan fingerprint density at radius 1 is 1.00 bits per heavy atom. The van der Waals surface area contributed by atoms with Gasteiger partial charge in [-0.25, -0.2) is 4.79 Å². The van der Waals surface area contributed by atoms with Gasteiger partial charge in [0.1, 0.15) is 5.75 Å². The molecule has 5 rings (SSSR count). The van der Waals surface area contributed by atoms with E-state index < -0.39 is 17.8 Å². The number of hydrogen-bond donors (Lipinski definition) is 1. The van der Waals surface area contributed by atoms with Gasteiger partial charge in [-0.3, -0.25) is 5.32 Å². The number of fused-ring (bicyclic) bond motifs is 1. The lowest BCUT2D eigenvalue weighted by atomic mass is 9.91. The van der Waals surface area contributed by atoms with E-state index in [0.29, 0.717) is 17.9 Å². The lowest BCUT2D eigenvalue weighted by molar-refractivity contribution is -0.137. The van der Waals surface area contributed by atoms with Crippen LogP contribution in [0.5, 0.6) is 5.75 Å². The lowest BCUT2D eigenvalue weighted by Crippen LogP contribution is -2.18. The minimum absolute atomic E-state index is 0.240. The molecule has 0 atom stereocenters. The highest BCUT2D eigenvalue weighted by Gasteiger charge is 2.31. The summed E-state index contributed by atoms with van der Waals surface area (Å²) in [7, 11) is 0. The number of anilines is 1.